The van der Waals surface area contributed by atoms with Gasteiger partial charge in [-0.2, -0.15) is 10.4 Å². The van der Waals surface area contributed by atoms with E-state index in [9.17, 15) is 10.1 Å². The van der Waals surface area contributed by atoms with Crippen molar-refractivity contribution >= 4 is 35.2 Å². The molecule has 0 radical (unpaired) electrons. The number of hydrogen-bond acceptors (Lipinski definition) is 6. The molecule has 2 aromatic heterocycles. The summed E-state index contributed by atoms with van der Waals surface area (Å²) in [6.07, 6.45) is 6.53. The monoisotopic (exact) mass is 547 g/mol. The average Bonchev–Trinajstić information content (AvgIpc) is 3.34. The number of carbonyl (C=O) groups excluding carboxylic acids is 1. The maximum absolute atomic E-state index is 12.8. The van der Waals surface area contributed by atoms with E-state index in [1.807, 2.05) is 18.2 Å². The molecule has 0 bridgehead atoms. The van der Waals surface area contributed by atoms with Gasteiger partial charge in [0.05, 0.1) is 26.5 Å². The van der Waals surface area contributed by atoms with Crippen molar-refractivity contribution in [2.24, 2.45) is 0 Å². The van der Waals surface area contributed by atoms with Crippen LogP contribution in [0.15, 0.2) is 72.7 Å². The van der Waals surface area contributed by atoms with Gasteiger partial charge in [-0.05, 0) is 48.0 Å². The molecule has 0 aliphatic rings. The van der Waals surface area contributed by atoms with Gasteiger partial charge in [0.1, 0.15) is 11.6 Å². The summed E-state index contributed by atoms with van der Waals surface area (Å²) in [6.45, 7) is 0.514. The second-order valence-electron chi connectivity index (χ2n) is 8.11. The first-order chi connectivity index (χ1) is 18.4. The van der Waals surface area contributed by atoms with Crippen molar-refractivity contribution in [2.45, 2.75) is 13.1 Å². The Morgan fingerprint density at radius 3 is 2.53 bits per heavy atom. The normalized spacial score (nSPS) is 11.1. The molecular formula is C28H23Cl2N5O3. The first-order valence-corrected chi connectivity index (χ1v) is 12.2. The van der Waals surface area contributed by atoms with Crippen LogP contribution in [-0.4, -0.2) is 34.9 Å². The summed E-state index contributed by atoms with van der Waals surface area (Å²) in [5.74, 6) is 0.554. The molecule has 1 amide bonds. The van der Waals surface area contributed by atoms with Crippen molar-refractivity contribution in [3.63, 3.8) is 0 Å². The number of hydrogen-bond donors (Lipinski definition) is 1. The zero-order valence-corrected chi connectivity index (χ0v) is 22.1. The van der Waals surface area contributed by atoms with Gasteiger partial charge < -0.3 is 14.8 Å². The van der Waals surface area contributed by atoms with Crippen LogP contribution in [0.3, 0.4) is 0 Å². The maximum Gasteiger partial charge on any atom is 0.262 e. The van der Waals surface area contributed by atoms with Gasteiger partial charge in [0, 0.05) is 51.9 Å². The maximum atomic E-state index is 12.8. The zero-order valence-electron chi connectivity index (χ0n) is 20.6. The molecule has 0 saturated carbocycles. The van der Waals surface area contributed by atoms with E-state index in [1.165, 1.54) is 6.08 Å². The Kier molecular flexibility index (Phi) is 8.64. The Labute approximate surface area is 230 Å². The van der Waals surface area contributed by atoms with E-state index >= 15 is 0 Å². The minimum Gasteiger partial charge on any atom is -0.493 e. The van der Waals surface area contributed by atoms with Crippen LogP contribution in [-0.2, 0) is 17.9 Å². The van der Waals surface area contributed by atoms with Crippen LogP contribution in [0.1, 0.15) is 16.7 Å². The number of carbonyl (C=O) groups is 1. The van der Waals surface area contributed by atoms with Crippen LogP contribution in [0, 0.1) is 11.3 Å². The molecule has 0 atom stereocenters. The Balaban J connectivity index is 1.73. The lowest BCUT2D eigenvalue weighted by molar-refractivity contribution is -0.117. The fourth-order valence-electron chi connectivity index (χ4n) is 3.76. The number of methoxy groups -OCH3 is 2. The van der Waals surface area contributed by atoms with E-state index in [2.05, 4.69) is 10.3 Å². The quantitative estimate of drug-likeness (QED) is 0.218. The number of ether oxygens (including phenoxy) is 2. The second-order valence-corrected chi connectivity index (χ2v) is 8.93. The lowest BCUT2D eigenvalue weighted by Gasteiger charge is -2.09. The summed E-state index contributed by atoms with van der Waals surface area (Å²) < 4.78 is 12.5. The summed E-state index contributed by atoms with van der Waals surface area (Å²) in [4.78, 5) is 16.9. The SMILES string of the molecule is COc1ccc(-c2nn(Cc3c(Cl)cccc3Cl)cc2/C=C(/C#N)C(=O)NCc2cccnc2)cc1OC. The molecule has 0 unspecified atom stereocenters. The molecule has 38 heavy (non-hydrogen) atoms. The molecule has 4 aromatic rings. The Morgan fingerprint density at radius 2 is 1.87 bits per heavy atom. The highest BCUT2D eigenvalue weighted by molar-refractivity contribution is 6.36. The summed E-state index contributed by atoms with van der Waals surface area (Å²) in [5, 5.41) is 18.3. The minimum absolute atomic E-state index is 0.0778. The lowest BCUT2D eigenvalue weighted by atomic mass is 10.1. The van der Waals surface area contributed by atoms with Crippen molar-refractivity contribution in [2.75, 3.05) is 14.2 Å². The Morgan fingerprint density at radius 1 is 1.11 bits per heavy atom. The largest absolute Gasteiger partial charge is 0.493 e. The average molecular weight is 548 g/mol. The third-order valence-electron chi connectivity index (χ3n) is 5.67. The lowest BCUT2D eigenvalue weighted by Crippen LogP contribution is -2.24. The molecule has 10 heteroatoms. The van der Waals surface area contributed by atoms with Crippen molar-refractivity contribution in [1.29, 1.82) is 5.26 Å². The van der Waals surface area contributed by atoms with E-state index < -0.39 is 5.91 Å². The molecule has 0 aliphatic heterocycles. The topological polar surface area (TPSA) is 102 Å². The number of halogens is 2. The van der Waals surface area contributed by atoms with Gasteiger partial charge in [-0.1, -0.05) is 35.3 Å². The number of rotatable bonds is 9. The predicted molar refractivity (Wildman–Crippen MR) is 146 cm³/mol. The van der Waals surface area contributed by atoms with Crippen molar-refractivity contribution in [1.82, 2.24) is 20.1 Å². The highest BCUT2D eigenvalue weighted by Crippen LogP contribution is 2.34. The van der Waals surface area contributed by atoms with E-state index in [4.69, 9.17) is 37.8 Å². The van der Waals surface area contributed by atoms with Crippen molar-refractivity contribution in [3.8, 4) is 28.8 Å². The Bertz CT molecular complexity index is 1510. The first-order valence-electron chi connectivity index (χ1n) is 11.4. The van der Waals surface area contributed by atoms with Crippen LogP contribution >= 0.6 is 23.2 Å². The molecule has 0 fully saturated rings. The minimum atomic E-state index is -0.517. The van der Waals surface area contributed by atoms with Crippen molar-refractivity contribution < 1.29 is 14.3 Å². The first kappa shape index (κ1) is 26.7. The number of pyridine rings is 1. The van der Waals surface area contributed by atoms with E-state index in [0.717, 1.165) is 5.56 Å². The number of amides is 1. The number of nitriles is 1. The zero-order chi connectivity index (χ0) is 27.1. The third-order valence-corrected chi connectivity index (χ3v) is 6.38. The number of nitrogens with zero attached hydrogens (tertiary/aromatic N) is 4. The number of benzene rings is 2. The van der Waals surface area contributed by atoms with Gasteiger partial charge >= 0.3 is 0 Å². The van der Waals surface area contributed by atoms with Gasteiger partial charge in [-0.25, -0.2) is 0 Å². The van der Waals surface area contributed by atoms with Gasteiger partial charge in [-0.15, -0.1) is 0 Å². The predicted octanol–water partition coefficient (Wildman–Crippen LogP) is 5.54. The summed E-state index contributed by atoms with van der Waals surface area (Å²) >= 11 is 12.8. The van der Waals surface area contributed by atoms with Crippen LogP contribution in [0.5, 0.6) is 11.5 Å². The molecule has 1 N–H and O–H groups in total. The van der Waals surface area contributed by atoms with Crippen LogP contribution in [0.25, 0.3) is 17.3 Å². The second kappa shape index (κ2) is 12.3. The van der Waals surface area contributed by atoms with Gasteiger partial charge in [0.2, 0.25) is 0 Å². The van der Waals surface area contributed by atoms with Gasteiger partial charge in [0.25, 0.3) is 5.91 Å². The number of nitrogens with one attached hydrogen (secondary N) is 1. The smallest absolute Gasteiger partial charge is 0.262 e. The molecule has 2 aromatic carbocycles. The van der Waals surface area contributed by atoms with Crippen LogP contribution in [0.4, 0.5) is 0 Å². The fourth-order valence-corrected chi connectivity index (χ4v) is 4.28. The summed E-state index contributed by atoms with van der Waals surface area (Å²) in [6, 6.07) is 16.2. The van der Waals surface area contributed by atoms with Crippen LogP contribution < -0.4 is 14.8 Å². The van der Waals surface area contributed by atoms with E-state index in [-0.39, 0.29) is 18.7 Å². The highest BCUT2D eigenvalue weighted by atomic mass is 35.5. The van der Waals surface area contributed by atoms with E-state index in [1.54, 1.807) is 73.9 Å². The Hall–Kier alpha value is -4.32. The van der Waals surface area contributed by atoms with Gasteiger partial charge in [-0.3, -0.25) is 14.5 Å². The standard InChI is InChI=1S/C28H23Cl2N5O3/c1-37-25-9-8-19(12-26(25)38-2)27-21(16-35(34-27)17-22-23(29)6-3-7-24(22)30)11-20(13-31)28(36)33-15-18-5-4-10-32-14-18/h3-12,14,16H,15,17H2,1-2H3,(H,33,36)/b20-11-. The highest BCUT2D eigenvalue weighted by Gasteiger charge is 2.17. The third kappa shape index (κ3) is 6.14. The van der Waals surface area contributed by atoms with Crippen molar-refractivity contribution in [3.05, 3.63) is 99.4 Å². The molecular weight excluding hydrogens is 525 g/mol. The fraction of sp³-hybridized carbons (Fsp3) is 0.143. The molecule has 0 spiro atoms. The van der Waals surface area contributed by atoms with Gasteiger partial charge in [0.15, 0.2) is 11.5 Å². The molecule has 192 valence electrons. The molecule has 0 aliphatic carbocycles. The van der Waals surface area contributed by atoms with E-state index in [0.29, 0.717) is 43.9 Å². The number of aromatic nitrogens is 3. The molecule has 4 rings (SSSR count). The molecule has 2 heterocycles. The summed E-state index contributed by atoms with van der Waals surface area (Å²) in [5.41, 5.74) is 3.21. The van der Waals surface area contributed by atoms with Crippen LogP contribution in [0.2, 0.25) is 10.0 Å². The molecule has 8 nitrogen and oxygen atoms in total. The summed E-state index contributed by atoms with van der Waals surface area (Å²) in [7, 11) is 3.10. The molecule has 0 saturated heterocycles.